The molecule has 2 aromatic carbocycles. The molecular formula is C17H16FNO. The molecule has 1 aliphatic rings. The molecule has 0 aliphatic carbocycles. The summed E-state index contributed by atoms with van der Waals surface area (Å²) in [6, 6.07) is 14.4. The fraction of sp³-hybridized carbons (Fsp3) is 0.235. The van der Waals surface area contributed by atoms with E-state index < -0.39 is 0 Å². The zero-order chi connectivity index (χ0) is 14.1. The molecule has 0 radical (unpaired) electrons. The molecule has 1 aliphatic heterocycles. The Labute approximate surface area is 117 Å². The van der Waals surface area contributed by atoms with Gasteiger partial charge in [0.25, 0.3) is 0 Å². The van der Waals surface area contributed by atoms with Gasteiger partial charge in [-0.1, -0.05) is 44.2 Å². The van der Waals surface area contributed by atoms with E-state index in [2.05, 4.69) is 18.8 Å². The van der Waals surface area contributed by atoms with E-state index in [9.17, 15) is 4.39 Å². The van der Waals surface area contributed by atoms with Crippen LogP contribution in [0.5, 0.6) is 5.75 Å². The van der Waals surface area contributed by atoms with Crippen LogP contribution >= 0.6 is 0 Å². The van der Waals surface area contributed by atoms with Crippen molar-refractivity contribution >= 4 is 5.90 Å². The highest BCUT2D eigenvalue weighted by Crippen LogP contribution is 2.37. The molecule has 3 rings (SSSR count). The van der Waals surface area contributed by atoms with Gasteiger partial charge in [0.05, 0.1) is 11.6 Å². The summed E-state index contributed by atoms with van der Waals surface area (Å²) in [4.78, 5) is 4.61. The van der Waals surface area contributed by atoms with Crippen LogP contribution in [-0.2, 0) is 0 Å². The molecule has 0 N–H and O–H groups in total. The van der Waals surface area contributed by atoms with Gasteiger partial charge in [0.2, 0.25) is 5.90 Å². The number of para-hydroxylation sites is 1. The Morgan fingerprint density at radius 3 is 2.50 bits per heavy atom. The Morgan fingerprint density at radius 1 is 1.05 bits per heavy atom. The Morgan fingerprint density at radius 2 is 1.75 bits per heavy atom. The molecule has 0 fully saturated rings. The Kier molecular flexibility index (Phi) is 3.26. The summed E-state index contributed by atoms with van der Waals surface area (Å²) in [5, 5.41) is 0. The second kappa shape index (κ2) is 5.08. The second-order valence-electron chi connectivity index (χ2n) is 5.24. The first-order valence-electron chi connectivity index (χ1n) is 6.76. The lowest BCUT2D eigenvalue weighted by Crippen LogP contribution is -2.22. The number of fused-ring (bicyclic) bond motifs is 1. The van der Waals surface area contributed by atoms with Crippen LogP contribution in [0.3, 0.4) is 0 Å². The maximum atomic E-state index is 13.9. The lowest BCUT2D eigenvalue weighted by Gasteiger charge is -2.26. The van der Waals surface area contributed by atoms with Crippen molar-refractivity contribution in [1.82, 2.24) is 0 Å². The predicted octanol–water partition coefficient (Wildman–Crippen LogP) is 4.36. The number of halogens is 1. The SMILES string of the molecule is CC(C)[C@@H]1N=C(c2ccccc2F)Oc2ccccc21. The minimum atomic E-state index is -0.312. The van der Waals surface area contributed by atoms with E-state index in [1.54, 1.807) is 18.2 Å². The fourth-order valence-corrected chi connectivity index (χ4v) is 2.41. The largest absolute Gasteiger partial charge is 0.438 e. The van der Waals surface area contributed by atoms with Gasteiger partial charge in [0.15, 0.2) is 0 Å². The van der Waals surface area contributed by atoms with Gasteiger partial charge in [0.1, 0.15) is 11.6 Å². The van der Waals surface area contributed by atoms with Crippen LogP contribution in [0.4, 0.5) is 4.39 Å². The van der Waals surface area contributed by atoms with Gasteiger partial charge in [-0.3, -0.25) is 0 Å². The molecule has 0 spiro atoms. The highest BCUT2D eigenvalue weighted by molar-refractivity contribution is 5.97. The van der Waals surface area contributed by atoms with Gasteiger partial charge < -0.3 is 4.74 Å². The predicted molar refractivity (Wildman–Crippen MR) is 77.6 cm³/mol. The highest BCUT2D eigenvalue weighted by Gasteiger charge is 2.26. The van der Waals surface area contributed by atoms with E-state index in [0.29, 0.717) is 17.4 Å². The second-order valence-corrected chi connectivity index (χ2v) is 5.24. The molecule has 2 nitrogen and oxygen atoms in total. The summed E-state index contributed by atoms with van der Waals surface area (Å²) in [6.07, 6.45) is 0. The molecule has 1 heterocycles. The summed E-state index contributed by atoms with van der Waals surface area (Å²) < 4.78 is 19.7. The summed E-state index contributed by atoms with van der Waals surface area (Å²) in [6.45, 7) is 4.21. The molecule has 20 heavy (non-hydrogen) atoms. The molecule has 0 aromatic heterocycles. The average Bonchev–Trinajstić information content (AvgIpc) is 2.46. The van der Waals surface area contributed by atoms with Gasteiger partial charge in [-0.05, 0) is 24.1 Å². The van der Waals surface area contributed by atoms with E-state index >= 15 is 0 Å². The van der Waals surface area contributed by atoms with Gasteiger partial charge in [0, 0.05) is 5.56 Å². The summed E-state index contributed by atoms with van der Waals surface area (Å²) in [5.41, 5.74) is 1.47. The van der Waals surface area contributed by atoms with Crippen LogP contribution in [0.2, 0.25) is 0 Å². The smallest absolute Gasteiger partial charge is 0.225 e. The van der Waals surface area contributed by atoms with Crippen molar-refractivity contribution in [1.29, 1.82) is 0 Å². The molecule has 1 atom stereocenters. The van der Waals surface area contributed by atoms with E-state index in [-0.39, 0.29) is 11.9 Å². The van der Waals surface area contributed by atoms with Gasteiger partial charge in [-0.25, -0.2) is 9.38 Å². The van der Waals surface area contributed by atoms with E-state index in [0.717, 1.165) is 11.3 Å². The van der Waals surface area contributed by atoms with Crippen LogP contribution < -0.4 is 4.74 Å². The van der Waals surface area contributed by atoms with Gasteiger partial charge in [-0.2, -0.15) is 0 Å². The number of ether oxygens (including phenoxy) is 1. The van der Waals surface area contributed by atoms with Crippen LogP contribution in [0.15, 0.2) is 53.5 Å². The normalized spacial score (nSPS) is 17.4. The third kappa shape index (κ3) is 2.20. The third-order valence-corrected chi connectivity index (χ3v) is 3.44. The van der Waals surface area contributed by atoms with Crippen molar-refractivity contribution in [3.63, 3.8) is 0 Å². The van der Waals surface area contributed by atoms with Gasteiger partial charge in [-0.15, -0.1) is 0 Å². The topological polar surface area (TPSA) is 21.6 Å². The molecule has 3 heteroatoms. The zero-order valence-corrected chi connectivity index (χ0v) is 11.5. The van der Waals surface area contributed by atoms with Gasteiger partial charge >= 0.3 is 0 Å². The van der Waals surface area contributed by atoms with Crippen molar-refractivity contribution in [2.24, 2.45) is 10.9 Å². The molecule has 0 saturated carbocycles. The molecule has 0 amide bonds. The molecule has 102 valence electrons. The Hall–Kier alpha value is -2.16. The third-order valence-electron chi connectivity index (χ3n) is 3.44. The zero-order valence-electron chi connectivity index (χ0n) is 11.5. The fourth-order valence-electron chi connectivity index (χ4n) is 2.41. The van der Waals surface area contributed by atoms with Crippen LogP contribution in [0.1, 0.15) is 31.0 Å². The Balaban J connectivity index is 2.09. The first-order chi connectivity index (χ1) is 9.66. The number of aliphatic imine (C=N–C) groups is 1. The maximum absolute atomic E-state index is 13.9. The lowest BCUT2D eigenvalue weighted by molar-refractivity contribution is 0.438. The maximum Gasteiger partial charge on any atom is 0.225 e. The van der Waals surface area contributed by atoms with E-state index in [1.807, 2.05) is 24.3 Å². The number of rotatable bonds is 2. The average molecular weight is 269 g/mol. The minimum Gasteiger partial charge on any atom is -0.438 e. The van der Waals surface area contributed by atoms with Crippen molar-refractivity contribution < 1.29 is 9.13 Å². The number of hydrogen-bond donors (Lipinski definition) is 0. The first-order valence-corrected chi connectivity index (χ1v) is 6.76. The quantitative estimate of drug-likeness (QED) is 0.793. The number of benzene rings is 2. The highest BCUT2D eigenvalue weighted by atomic mass is 19.1. The lowest BCUT2D eigenvalue weighted by atomic mass is 9.94. The number of hydrogen-bond acceptors (Lipinski definition) is 2. The van der Waals surface area contributed by atoms with E-state index in [1.165, 1.54) is 6.07 Å². The molecule has 0 bridgehead atoms. The monoisotopic (exact) mass is 269 g/mol. The molecule has 0 unspecified atom stereocenters. The molecular weight excluding hydrogens is 253 g/mol. The van der Waals surface area contributed by atoms with Crippen molar-refractivity contribution in [2.75, 3.05) is 0 Å². The van der Waals surface area contributed by atoms with Crippen LogP contribution in [0, 0.1) is 11.7 Å². The minimum absolute atomic E-state index is 0.00504. The first kappa shape index (κ1) is 12.9. The van der Waals surface area contributed by atoms with Crippen molar-refractivity contribution in [2.45, 2.75) is 19.9 Å². The van der Waals surface area contributed by atoms with Crippen molar-refractivity contribution in [3.8, 4) is 5.75 Å². The summed E-state index contributed by atoms with van der Waals surface area (Å²) in [5.74, 6) is 1.13. The molecule has 0 saturated heterocycles. The molecule has 2 aromatic rings. The van der Waals surface area contributed by atoms with Crippen molar-refractivity contribution in [3.05, 3.63) is 65.5 Å². The summed E-state index contributed by atoms with van der Waals surface area (Å²) in [7, 11) is 0. The number of nitrogens with zero attached hydrogens (tertiary/aromatic N) is 1. The van der Waals surface area contributed by atoms with E-state index in [4.69, 9.17) is 4.74 Å². The van der Waals surface area contributed by atoms with Crippen LogP contribution in [-0.4, -0.2) is 5.90 Å². The standard InChI is InChI=1S/C17H16FNO/c1-11(2)16-13-8-4-6-10-15(13)20-17(19-16)12-7-3-5-9-14(12)18/h3-11,16H,1-2H3/t16-/m0/s1. The summed E-state index contributed by atoms with van der Waals surface area (Å²) >= 11 is 0. The Bertz CT molecular complexity index is 664. The van der Waals surface area contributed by atoms with Crippen LogP contribution in [0.25, 0.3) is 0 Å².